The molecule has 36 heavy (non-hydrogen) atoms. The van der Waals surface area contributed by atoms with Crippen LogP contribution in [0.25, 0.3) is 11.3 Å². The van der Waals surface area contributed by atoms with Crippen LogP contribution in [0.4, 0.5) is 29.2 Å². The number of hydrazone groups is 1. The molecule has 2 N–H and O–H groups in total. The van der Waals surface area contributed by atoms with Crippen LogP contribution in [0.15, 0.2) is 70.2 Å². The van der Waals surface area contributed by atoms with Gasteiger partial charge >= 0.3 is 0 Å². The fourth-order valence-corrected chi connectivity index (χ4v) is 3.90. The molecule has 4 aromatic rings. The minimum atomic E-state index is -0.535. The second-order valence-corrected chi connectivity index (χ2v) is 8.37. The third kappa shape index (κ3) is 5.41. The van der Waals surface area contributed by atoms with Gasteiger partial charge in [0, 0.05) is 30.4 Å². The number of nitrogens with zero attached hydrogens (tertiary/aromatic N) is 6. The van der Waals surface area contributed by atoms with Gasteiger partial charge in [-0.1, -0.05) is 29.8 Å². The average Bonchev–Trinajstić information content (AvgIpc) is 3.58. The Morgan fingerprint density at radius 2 is 1.81 bits per heavy atom. The van der Waals surface area contributed by atoms with Gasteiger partial charge in [-0.25, -0.2) is 5.43 Å². The van der Waals surface area contributed by atoms with E-state index >= 15 is 0 Å². The van der Waals surface area contributed by atoms with Gasteiger partial charge in [-0.2, -0.15) is 20.1 Å². The Balaban J connectivity index is 1.33. The SMILES string of the molecule is O=[N+]([O-])c1cc(-c2ccc(C=NNc3nc(Nc4ccccc4)nc(N4CCCC4)n3)o2)ccc1Cl. The summed E-state index contributed by atoms with van der Waals surface area (Å²) in [4.78, 5) is 26.2. The fourth-order valence-electron chi connectivity index (χ4n) is 3.72. The van der Waals surface area contributed by atoms with E-state index < -0.39 is 4.92 Å². The van der Waals surface area contributed by atoms with Gasteiger partial charge in [0.05, 0.1) is 11.1 Å². The molecule has 1 fully saturated rings. The van der Waals surface area contributed by atoms with Crippen molar-refractivity contribution >= 4 is 47.0 Å². The van der Waals surface area contributed by atoms with E-state index in [-0.39, 0.29) is 16.7 Å². The Morgan fingerprint density at radius 3 is 2.58 bits per heavy atom. The highest BCUT2D eigenvalue weighted by Crippen LogP contribution is 2.31. The smallest absolute Gasteiger partial charge is 0.288 e. The fraction of sp³-hybridized carbons (Fsp3) is 0.167. The molecule has 0 atom stereocenters. The summed E-state index contributed by atoms with van der Waals surface area (Å²) in [6, 6.07) is 17.5. The Hall–Kier alpha value is -4.51. The molecule has 11 nitrogen and oxygen atoms in total. The largest absolute Gasteiger partial charge is 0.455 e. The van der Waals surface area contributed by atoms with E-state index in [1.807, 2.05) is 30.3 Å². The number of nitro benzene ring substituents is 1. The molecule has 182 valence electrons. The molecular formula is C24H21ClN8O3. The maximum Gasteiger partial charge on any atom is 0.288 e. The average molecular weight is 505 g/mol. The number of nitrogens with one attached hydrogen (secondary N) is 2. The van der Waals surface area contributed by atoms with Crippen molar-refractivity contribution in [3.8, 4) is 11.3 Å². The lowest BCUT2D eigenvalue weighted by molar-refractivity contribution is -0.384. The van der Waals surface area contributed by atoms with Crippen molar-refractivity contribution in [2.24, 2.45) is 5.10 Å². The Bertz CT molecular complexity index is 1400. The summed E-state index contributed by atoms with van der Waals surface area (Å²) in [5.74, 6) is 2.14. The molecule has 5 rings (SSSR count). The summed E-state index contributed by atoms with van der Waals surface area (Å²) >= 11 is 5.89. The zero-order valence-corrected chi connectivity index (χ0v) is 19.7. The zero-order valence-electron chi connectivity index (χ0n) is 19.0. The molecule has 0 radical (unpaired) electrons. The number of halogens is 1. The first kappa shape index (κ1) is 23.2. The Labute approximate surface area is 211 Å². The van der Waals surface area contributed by atoms with Crippen molar-refractivity contribution in [2.45, 2.75) is 12.8 Å². The molecule has 1 saturated heterocycles. The summed E-state index contributed by atoms with van der Waals surface area (Å²) in [7, 11) is 0. The molecule has 12 heteroatoms. The van der Waals surface area contributed by atoms with Gasteiger partial charge in [0.25, 0.3) is 5.69 Å². The highest BCUT2D eigenvalue weighted by Gasteiger charge is 2.18. The number of aromatic nitrogens is 3. The summed E-state index contributed by atoms with van der Waals surface area (Å²) in [5, 5.41) is 18.6. The zero-order chi connectivity index (χ0) is 24.9. The van der Waals surface area contributed by atoms with Crippen molar-refractivity contribution in [3.63, 3.8) is 0 Å². The molecule has 2 aromatic carbocycles. The van der Waals surface area contributed by atoms with Crippen LogP contribution in [-0.4, -0.2) is 39.2 Å². The number of furan rings is 1. The third-order valence-corrected chi connectivity index (χ3v) is 5.77. The molecule has 0 bridgehead atoms. The highest BCUT2D eigenvalue weighted by molar-refractivity contribution is 6.32. The van der Waals surface area contributed by atoms with Crippen molar-refractivity contribution in [1.29, 1.82) is 0 Å². The van der Waals surface area contributed by atoms with Gasteiger partial charge < -0.3 is 14.6 Å². The van der Waals surface area contributed by atoms with Crippen LogP contribution in [0, 0.1) is 10.1 Å². The molecule has 3 heterocycles. The topological polar surface area (TPSA) is 135 Å². The van der Waals surface area contributed by atoms with Gasteiger partial charge in [-0.3, -0.25) is 10.1 Å². The number of anilines is 4. The van der Waals surface area contributed by atoms with Gasteiger partial charge in [0.15, 0.2) is 0 Å². The third-order valence-electron chi connectivity index (χ3n) is 5.45. The number of para-hydroxylation sites is 1. The van der Waals surface area contributed by atoms with E-state index in [1.54, 1.807) is 18.2 Å². The lowest BCUT2D eigenvalue weighted by atomic mass is 10.1. The molecule has 0 amide bonds. The molecular weight excluding hydrogens is 484 g/mol. The maximum absolute atomic E-state index is 11.2. The molecule has 0 spiro atoms. The lowest BCUT2D eigenvalue weighted by Gasteiger charge is -2.16. The minimum absolute atomic E-state index is 0.0630. The predicted octanol–water partition coefficient (Wildman–Crippen LogP) is 5.48. The van der Waals surface area contributed by atoms with Crippen LogP contribution in [0.3, 0.4) is 0 Å². The molecule has 1 aliphatic heterocycles. The molecule has 0 saturated carbocycles. The first-order valence-electron chi connectivity index (χ1n) is 11.2. The van der Waals surface area contributed by atoms with Crippen molar-refractivity contribution in [2.75, 3.05) is 28.7 Å². The predicted molar refractivity (Wildman–Crippen MR) is 138 cm³/mol. The summed E-state index contributed by atoms with van der Waals surface area (Å²) in [6.45, 7) is 1.77. The number of rotatable bonds is 8. The first-order valence-corrected chi connectivity index (χ1v) is 11.6. The summed E-state index contributed by atoms with van der Waals surface area (Å²) in [5.41, 5.74) is 4.04. The number of hydrogen-bond donors (Lipinski definition) is 2. The normalized spacial score (nSPS) is 13.3. The Morgan fingerprint density at radius 1 is 1.03 bits per heavy atom. The van der Waals surface area contributed by atoms with Crippen molar-refractivity contribution < 1.29 is 9.34 Å². The second-order valence-electron chi connectivity index (χ2n) is 7.96. The first-order chi connectivity index (χ1) is 17.5. The van der Waals surface area contributed by atoms with E-state index in [2.05, 4.69) is 35.7 Å². The molecule has 0 aliphatic carbocycles. The van der Waals surface area contributed by atoms with E-state index in [0.717, 1.165) is 31.6 Å². The monoisotopic (exact) mass is 504 g/mol. The number of hydrogen-bond acceptors (Lipinski definition) is 10. The van der Waals surface area contributed by atoms with E-state index in [9.17, 15) is 10.1 Å². The number of benzene rings is 2. The molecule has 0 unspecified atom stereocenters. The van der Waals surface area contributed by atoms with Crippen LogP contribution in [0.1, 0.15) is 18.6 Å². The second kappa shape index (κ2) is 10.4. The maximum atomic E-state index is 11.2. The van der Waals surface area contributed by atoms with Crippen LogP contribution in [0.2, 0.25) is 5.02 Å². The van der Waals surface area contributed by atoms with Crippen LogP contribution < -0.4 is 15.6 Å². The highest BCUT2D eigenvalue weighted by atomic mass is 35.5. The van der Waals surface area contributed by atoms with Crippen molar-refractivity contribution in [3.05, 3.63) is 81.6 Å². The van der Waals surface area contributed by atoms with Gasteiger partial charge in [-0.05, 0) is 49.2 Å². The quantitative estimate of drug-likeness (QED) is 0.181. The van der Waals surface area contributed by atoms with E-state index in [1.165, 1.54) is 18.3 Å². The molecule has 1 aliphatic rings. The summed E-state index contributed by atoms with van der Waals surface area (Å²) in [6.07, 6.45) is 3.65. The van der Waals surface area contributed by atoms with Gasteiger partial charge in [0.2, 0.25) is 17.8 Å². The van der Waals surface area contributed by atoms with E-state index in [4.69, 9.17) is 16.0 Å². The minimum Gasteiger partial charge on any atom is -0.455 e. The van der Waals surface area contributed by atoms with Crippen molar-refractivity contribution in [1.82, 2.24) is 15.0 Å². The van der Waals surface area contributed by atoms with Gasteiger partial charge in [0.1, 0.15) is 16.5 Å². The summed E-state index contributed by atoms with van der Waals surface area (Å²) < 4.78 is 5.76. The van der Waals surface area contributed by atoms with Crippen LogP contribution in [0.5, 0.6) is 0 Å². The molecule has 2 aromatic heterocycles. The Kier molecular flexibility index (Phi) is 6.72. The van der Waals surface area contributed by atoms with Crippen LogP contribution >= 0.6 is 11.6 Å². The number of nitro groups is 1. The standard InChI is InChI=1S/C24H21ClN8O3/c25-19-10-8-16(14-20(19)33(34)35)21-11-9-18(36-21)15-26-31-23-28-22(27-17-6-2-1-3-7-17)29-24(30-23)32-12-4-5-13-32/h1-3,6-11,14-15H,4-5,12-13H2,(H2,27,28,29,30,31). The lowest BCUT2D eigenvalue weighted by Crippen LogP contribution is -2.21. The van der Waals surface area contributed by atoms with Crippen LogP contribution in [-0.2, 0) is 0 Å². The van der Waals surface area contributed by atoms with E-state index in [0.29, 0.717) is 29.0 Å². The van der Waals surface area contributed by atoms with Gasteiger partial charge in [-0.15, -0.1) is 0 Å².